The van der Waals surface area contributed by atoms with Gasteiger partial charge in [0.15, 0.2) is 0 Å². The molecular weight excluding hydrogens is 274 g/mol. The van der Waals surface area contributed by atoms with Crippen molar-refractivity contribution in [2.24, 2.45) is 11.8 Å². The van der Waals surface area contributed by atoms with E-state index in [1.54, 1.807) is 0 Å². The average molecular weight is 309 g/mol. The summed E-state index contributed by atoms with van der Waals surface area (Å²) < 4.78 is 0. The van der Waals surface area contributed by atoms with Crippen LogP contribution in [-0.4, -0.2) is 55.1 Å². The highest BCUT2D eigenvalue weighted by atomic mass is 16.2. The van der Waals surface area contributed by atoms with Gasteiger partial charge in [0.05, 0.1) is 0 Å². The van der Waals surface area contributed by atoms with Crippen LogP contribution in [0, 0.1) is 11.8 Å². The molecular formula is C18H35N3O. The molecule has 2 unspecified atom stereocenters. The van der Waals surface area contributed by atoms with Crippen LogP contribution in [-0.2, 0) is 0 Å². The smallest absolute Gasteiger partial charge is 0.317 e. The number of nitrogens with zero attached hydrogens (tertiary/aromatic N) is 2. The summed E-state index contributed by atoms with van der Waals surface area (Å²) in [4.78, 5) is 16.7. The van der Waals surface area contributed by atoms with Crippen LogP contribution in [0.15, 0.2) is 0 Å². The molecule has 0 spiro atoms. The summed E-state index contributed by atoms with van der Waals surface area (Å²) >= 11 is 0. The lowest BCUT2D eigenvalue weighted by molar-refractivity contribution is 0.158. The van der Waals surface area contributed by atoms with Crippen LogP contribution in [0.1, 0.15) is 58.8 Å². The lowest BCUT2D eigenvalue weighted by Crippen LogP contribution is -2.46. The Balaban J connectivity index is 1.59. The first-order chi connectivity index (χ1) is 10.6. The van der Waals surface area contributed by atoms with Crippen molar-refractivity contribution in [2.75, 3.05) is 33.2 Å². The summed E-state index contributed by atoms with van der Waals surface area (Å²) in [6.07, 6.45) is 8.63. The zero-order chi connectivity index (χ0) is 15.9. The second-order valence-electron chi connectivity index (χ2n) is 7.65. The summed E-state index contributed by atoms with van der Waals surface area (Å²) in [7, 11) is 1.96. The highest BCUT2D eigenvalue weighted by molar-refractivity contribution is 5.74. The molecule has 1 saturated heterocycles. The van der Waals surface area contributed by atoms with E-state index >= 15 is 0 Å². The van der Waals surface area contributed by atoms with E-state index in [-0.39, 0.29) is 6.03 Å². The molecule has 2 atom stereocenters. The summed E-state index contributed by atoms with van der Waals surface area (Å²) in [6.45, 7) is 9.04. The molecule has 2 aliphatic rings. The molecule has 128 valence electrons. The first-order valence-electron chi connectivity index (χ1n) is 9.29. The van der Waals surface area contributed by atoms with Crippen LogP contribution in [0.5, 0.6) is 0 Å². The maximum absolute atomic E-state index is 12.2. The minimum Gasteiger partial charge on any atom is -0.338 e. The lowest BCUT2D eigenvalue weighted by atomic mass is 9.86. The number of urea groups is 1. The van der Waals surface area contributed by atoms with Gasteiger partial charge in [-0.2, -0.15) is 0 Å². The Kier molecular flexibility index (Phi) is 7.00. The van der Waals surface area contributed by atoms with Crippen LogP contribution in [0.4, 0.5) is 4.79 Å². The van der Waals surface area contributed by atoms with E-state index in [2.05, 4.69) is 24.1 Å². The quantitative estimate of drug-likeness (QED) is 0.791. The molecule has 1 N–H and O–H groups in total. The third-order valence-electron chi connectivity index (χ3n) is 5.58. The standard InChI is InChI=1S/C18H35N3O/c1-15-8-12-21(13-9-15)11-5-10-19-18(22)20(3)17-7-4-6-16(2)14-17/h15-17H,4-14H2,1-3H3,(H,19,22). The van der Waals surface area contributed by atoms with Crippen molar-refractivity contribution in [1.29, 1.82) is 0 Å². The largest absolute Gasteiger partial charge is 0.338 e. The van der Waals surface area contributed by atoms with Crippen LogP contribution in [0.2, 0.25) is 0 Å². The van der Waals surface area contributed by atoms with Gasteiger partial charge in [0.2, 0.25) is 0 Å². The van der Waals surface area contributed by atoms with Crippen LogP contribution < -0.4 is 5.32 Å². The molecule has 2 fully saturated rings. The fourth-order valence-corrected chi connectivity index (χ4v) is 3.83. The zero-order valence-corrected chi connectivity index (χ0v) is 14.8. The first kappa shape index (κ1) is 17.6. The lowest BCUT2D eigenvalue weighted by Gasteiger charge is -2.34. The molecule has 1 saturated carbocycles. The number of hydrogen-bond donors (Lipinski definition) is 1. The first-order valence-corrected chi connectivity index (χ1v) is 9.29. The molecule has 2 amide bonds. The average Bonchev–Trinajstić information content (AvgIpc) is 2.52. The van der Waals surface area contributed by atoms with Crippen molar-refractivity contribution in [1.82, 2.24) is 15.1 Å². The molecule has 0 radical (unpaired) electrons. The number of nitrogens with one attached hydrogen (secondary N) is 1. The molecule has 4 heteroatoms. The number of piperidine rings is 1. The Hall–Kier alpha value is -0.770. The maximum atomic E-state index is 12.2. The molecule has 1 heterocycles. The number of likely N-dealkylation sites (tertiary alicyclic amines) is 1. The summed E-state index contributed by atoms with van der Waals surface area (Å²) in [5.74, 6) is 1.65. The number of rotatable bonds is 5. The molecule has 2 rings (SSSR count). The van der Waals surface area contributed by atoms with Crippen LogP contribution in [0.25, 0.3) is 0 Å². The molecule has 0 aromatic rings. The second kappa shape index (κ2) is 8.76. The van der Waals surface area contributed by atoms with Crippen molar-refractivity contribution in [3.8, 4) is 0 Å². The molecule has 4 nitrogen and oxygen atoms in total. The fourth-order valence-electron chi connectivity index (χ4n) is 3.83. The van der Waals surface area contributed by atoms with Gasteiger partial charge < -0.3 is 15.1 Å². The SMILES string of the molecule is CC1CCN(CCCNC(=O)N(C)C2CCCC(C)C2)CC1. The van der Waals surface area contributed by atoms with Gasteiger partial charge in [-0.25, -0.2) is 4.79 Å². The molecule has 1 aliphatic heterocycles. The normalized spacial score (nSPS) is 27.6. The van der Waals surface area contributed by atoms with E-state index in [1.165, 1.54) is 45.2 Å². The van der Waals surface area contributed by atoms with E-state index < -0.39 is 0 Å². The van der Waals surface area contributed by atoms with Gasteiger partial charge >= 0.3 is 6.03 Å². The minimum absolute atomic E-state index is 0.117. The summed E-state index contributed by atoms with van der Waals surface area (Å²) in [5.41, 5.74) is 0. The van der Waals surface area contributed by atoms with Gasteiger partial charge in [0, 0.05) is 19.6 Å². The van der Waals surface area contributed by atoms with Crippen molar-refractivity contribution in [2.45, 2.75) is 64.8 Å². The fraction of sp³-hybridized carbons (Fsp3) is 0.944. The maximum Gasteiger partial charge on any atom is 0.317 e. The topological polar surface area (TPSA) is 35.6 Å². The third-order valence-corrected chi connectivity index (χ3v) is 5.58. The Labute approximate surface area is 136 Å². The van der Waals surface area contributed by atoms with Crippen LogP contribution >= 0.6 is 0 Å². The van der Waals surface area contributed by atoms with E-state index in [9.17, 15) is 4.79 Å². The van der Waals surface area contributed by atoms with Gasteiger partial charge in [-0.3, -0.25) is 0 Å². The van der Waals surface area contributed by atoms with Gasteiger partial charge in [-0.05, 0) is 63.6 Å². The Morgan fingerprint density at radius 3 is 2.55 bits per heavy atom. The highest BCUT2D eigenvalue weighted by Crippen LogP contribution is 2.26. The predicted molar refractivity (Wildman–Crippen MR) is 92.0 cm³/mol. The van der Waals surface area contributed by atoms with E-state index in [0.29, 0.717) is 6.04 Å². The number of amides is 2. The Morgan fingerprint density at radius 2 is 1.86 bits per heavy atom. The summed E-state index contributed by atoms with van der Waals surface area (Å²) in [5, 5.41) is 3.10. The van der Waals surface area contributed by atoms with Crippen molar-refractivity contribution in [3.63, 3.8) is 0 Å². The number of hydrogen-bond acceptors (Lipinski definition) is 2. The zero-order valence-electron chi connectivity index (χ0n) is 14.8. The molecule has 1 aliphatic carbocycles. The highest BCUT2D eigenvalue weighted by Gasteiger charge is 2.25. The Morgan fingerprint density at radius 1 is 1.14 bits per heavy atom. The number of carbonyl (C=O) groups excluding carboxylic acids is 1. The van der Waals surface area contributed by atoms with Gasteiger partial charge in [0.1, 0.15) is 0 Å². The van der Waals surface area contributed by atoms with E-state index in [0.717, 1.165) is 37.8 Å². The van der Waals surface area contributed by atoms with Crippen LogP contribution in [0.3, 0.4) is 0 Å². The van der Waals surface area contributed by atoms with Crippen molar-refractivity contribution >= 4 is 6.03 Å². The summed E-state index contributed by atoms with van der Waals surface area (Å²) in [6, 6.07) is 0.554. The Bertz CT molecular complexity index is 339. The monoisotopic (exact) mass is 309 g/mol. The van der Waals surface area contributed by atoms with Gasteiger partial charge in [-0.15, -0.1) is 0 Å². The van der Waals surface area contributed by atoms with Crippen molar-refractivity contribution in [3.05, 3.63) is 0 Å². The van der Waals surface area contributed by atoms with E-state index in [1.807, 2.05) is 11.9 Å². The predicted octanol–water partition coefficient (Wildman–Crippen LogP) is 3.33. The molecule has 0 aromatic carbocycles. The van der Waals surface area contributed by atoms with E-state index in [4.69, 9.17) is 0 Å². The number of carbonyl (C=O) groups is 1. The molecule has 22 heavy (non-hydrogen) atoms. The third kappa shape index (κ3) is 5.45. The molecule has 0 aromatic heterocycles. The molecule has 0 bridgehead atoms. The van der Waals surface area contributed by atoms with Gasteiger partial charge in [0.25, 0.3) is 0 Å². The van der Waals surface area contributed by atoms with Gasteiger partial charge in [-0.1, -0.05) is 26.7 Å². The van der Waals surface area contributed by atoms with Crippen molar-refractivity contribution < 1.29 is 4.79 Å². The second-order valence-corrected chi connectivity index (χ2v) is 7.65. The minimum atomic E-state index is 0.117.